The van der Waals surface area contributed by atoms with Crippen LogP contribution in [0.15, 0.2) is 42.9 Å². The minimum Gasteiger partial charge on any atom is -0.618 e. The van der Waals surface area contributed by atoms with Gasteiger partial charge in [-0.1, -0.05) is 29.8 Å². The van der Waals surface area contributed by atoms with E-state index in [4.69, 9.17) is 0 Å². The van der Waals surface area contributed by atoms with Gasteiger partial charge in [-0.05, 0) is 12.5 Å². The second kappa shape index (κ2) is 4.09. The van der Waals surface area contributed by atoms with E-state index in [2.05, 4.69) is 4.98 Å². The third-order valence-electron chi connectivity index (χ3n) is 2.30. The second-order valence-electron chi connectivity index (χ2n) is 3.56. The van der Waals surface area contributed by atoms with Crippen molar-refractivity contribution < 1.29 is 4.73 Å². The number of rotatable bonds is 2. The van der Waals surface area contributed by atoms with Gasteiger partial charge < -0.3 is 5.21 Å². The highest BCUT2D eigenvalue weighted by atomic mass is 16.5. The monoisotopic (exact) mass is 200 g/mol. The van der Waals surface area contributed by atoms with E-state index in [9.17, 15) is 5.21 Å². The van der Waals surface area contributed by atoms with Gasteiger partial charge in [-0.2, -0.15) is 4.73 Å². The van der Waals surface area contributed by atoms with Gasteiger partial charge in [0.05, 0.1) is 18.8 Å². The van der Waals surface area contributed by atoms with Gasteiger partial charge in [-0.15, -0.1) is 0 Å². The summed E-state index contributed by atoms with van der Waals surface area (Å²) in [5, 5.41) is 11.4. The molecule has 1 heterocycles. The number of nitrogens with zero attached hydrogens (tertiary/aromatic N) is 2. The molecule has 0 spiro atoms. The maximum absolute atomic E-state index is 11.4. The van der Waals surface area contributed by atoms with Crippen molar-refractivity contribution in [3.63, 3.8) is 0 Å². The molecule has 2 rings (SSSR count). The first-order chi connectivity index (χ1) is 7.25. The second-order valence-corrected chi connectivity index (χ2v) is 3.56. The Balaban J connectivity index is 2.22. The molecule has 0 aliphatic rings. The average Bonchev–Trinajstić information content (AvgIpc) is 2.25. The molecule has 0 aliphatic heterocycles. The molecule has 1 aromatic carbocycles. The van der Waals surface area contributed by atoms with Crippen molar-refractivity contribution in [2.75, 3.05) is 0 Å². The molecule has 0 bridgehead atoms. The van der Waals surface area contributed by atoms with Crippen LogP contribution in [0.25, 0.3) is 0 Å². The summed E-state index contributed by atoms with van der Waals surface area (Å²) >= 11 is 0. The molecule has 1 aromatic heterocycles. The maximum atomic E-state index is 11.4. The van der Waals surface area contributed by atoms with Gasteiger partial charge in [0.15, 0.2) is 6.20 Å². The van der Waals surface area contributed by atoms with Crippen molar-refractivity contribution in [1.82, 2.24) is 4.98 Å². The lowest BCUT2D eigenvalue weighted by molar-refractivity contribution is -0.614. The molecule has 0 saturated heterocycles. The van der Waals surface area contributed by atoms with Crippen molar-refractivity contribution in [3.8, 4) is 0 Å². The number of aromatic nitrogens is 2. The quantitative estimate of drug-likeness (QED) is 0.546. The summed E-state index contributed by atoms with van der Waals surface area (Å²) in [5.74, 6) is 0. The van der Waals surface area contributed by atoms with E-state index in [1.54, 1.807) is 6.20 Å². The Morgan fingerprint density at radius 3 is 2.67 bits per heavy atom. The van der Waals surface area contributed by atoms with Crippen molar-refractivity contribution in [3.05, 3.63) is 64.9 Å². The highest BCUT2D eigenvalue weighted by molar-refractivity contribution is 5.23. The lowest BCUT2D eigenvalue weighted by Crippen LogP contribution is -2.31. The first kappa shape index (κ1) is 9.65. The summed E-state index contributed by atoms with van der Waals surface area (Å²) in [6.45, 7) is 2.04. The fourth-order valence-electron chi connectivity index (χ4n) is 1.42. The zero-order chi connectivity index (χ0) is 10.7. The Morgan fingerprint density at radius 1 is 1.27 bits per heavy atom. The van der Waals surface area contributed by atoms with E-state index in [1.165, 1.54) is 18.0 Å². The zero-order valence-corrected chi connectivity index (χ0v) is 8.55. The van der Waals surface area contributed by atoms with Crippen LogP contribution in [0.1, 0.15) is 16.8 Å². The first-order valence-electron chi connectivity index (χ1n) is 4.83. The lowest BCUT2D eigenvalue weighted by Gasteiger charge is -2.03. The first-order valence-corrected chi connectivity index (χ1v) is 4.83. The minimum atomic E-state index is 0.623. The van der Waals surface area contributed by atoms with E-state index >= 15 is 0 Å². The van der Waals surface area contributed by atoms with Gasteiger partial charge in [0, 0.05) is 0 Å². The van der Waals surface area contributed by atoms with Crippen LogP contribution >= 0.6 is 0 Å². The van der Waals surface area contributed by atoms with Crippen molar-refractivity contribution >= 4 is 0 Å². The van der Waals surface area contributed by atoms with E-state index in [0.29, 0.717) is 12.1 Å². The summed E-state index contributed by atoms with van der Waals surface area (Å²) < 4.78 is 0.854. The van der Waals surface area contributed by atoms with Crippen molar-refractivity contribution in [2.45, 2.75) is 13.3 Å². The van der Waals surface area contributed by atoms with E-state index in [0.717, 1.165) is 10.3 Å². The van der Waals surface area contributed by atoms with Crippen LogP contribution in [-0.2, 0) is 6.42 Å². The van der Waals surface area contributed by atoms with Crippen LogP contribution in [0.4, 0.5) is 0 Å². The Morgan fingerprint density at radius 2 is 2.00 bits per heavy atom. The summed E-state index contributed by atoms with van der Waals surface area (Å²) in [5.41, 5.74) is 3.01. The Hall–Kier alpha value is -1.90. The highest BCUT2D eigenvalue weighted by Crippen LogP contribution is 2.06. The molecule has 0 radical (unpaired) electrons. The molecule has 0 aliphatic carbocycles. The molecule has 2 aromatic rings. The van der Waals surface area contributed by atoms with Gasteiger partial charge in [-0.25, -0.2) is 0 Å². The zero-order valence-electron chi connectivity index (χ0n) is 8.55. The molecule has 3 heteroatoms. The van der Waals surface area contributed by atoms with E-state index in [1.807, 2.05) is 31.2 Å². The van der Waals surface area contributed by atoms with Crippen LogP contribution in [0.3, 0.4) is 0 Å². The number of hydrogen-bond acceptors (Lipinski definition) is 2. The van der Waals surface area contributed by atoms with E-state index < -0.39 is 0 Å². The van der Waals surface area contributed by atoms with Crippen LogP contribution in [0, 0.1) is 12.1 Å². The number of aryl methyl sites for hydroxylation is 1. The standard InChI is InChI=1S/C12H12N2O/c1-10-2-4-11(5-3-10)8-12-9-13-6-7-14(12)15/h2-7,9H,8H2,1H3. The van der Waals surface area contributed by atoms with Gasteiger partial charge >= 0.3 is 0 Å². The summed E-state index contributed by atoms with van der Waals surface area (Å²) in [6, 6.07) is 8.15. The average molecular weight is 200 g/mol. The Labute approximate surface area is 88.6 Å². The fraction of sp³-hybridized carbons (Fsp3) is 0.167. The van der Waals surface area contributed by atoms with Crippen LogP contribution < -0.4 is 4.73 Å². The third kappa shape index (κ3) is 2.31. The highest BCUT2D eigenvalue weighted by Gasteiger charge is 2.05. The largest absolute Gasteiger partial charge is 0.618 e. The molecule has 76 valence electrons. The maximum Gasteiger partial charge on any atom is 0.215 e. The Bertz CT molecular complexity index is 451. The molecule has 15 heavy (non-hydrogen) atoms. The molecule has 0 saturated carbocycles. The van der Waals surface area contributed by atoms with Gasteiger partial charge in [-0.3, -0.25) is 4.98 Å². The van der Waals surface area contributed by atoms with Gasteiger partial charge in [0.2, 0.25) is 5.69 Å². The predicted octanol–water partition coefficient (Wildman–Crippen LogP) is 1.61. The van der Waals surface area contributed by atoms with Crippen LogP contribution in [0.2, 0.25) is 0 Å². The molecular weight excluding hydrogens is 188 g/mol. The van der Waals surface area contributed by atoms with Crippen molar-refractivity contribution in [1.29, 1.82) is 0 Å². The third-order valence-corrected chi connectivity index (χ3v) is 2.30. The SMILES string of the molecule is Cc1ccc(Cc2cncc[n+]2[O-])cc1. The van der Waals surface area contributed by atoms with Gasteiger partial charge in [0.1, 0.15) is 0 Å². The number of hydrogen-bond donors (Lipinski definition) is 0. The molecule has 0 N–H and O–H groups in total. The van der Waals surface area contributed by atoms with Gasteiger partial charge in [0.25, 0.3) is 0 Å². The molecule has 0 fully saturated rings. The smallest absolute Gasteiger partial charge is 0.215 e. The topological polar surface area (TPSA) is 39.8 Å². The molecular formula is C12H12N2O. The summed E-state index contributed by atoms with van der Waals surface area (Å²) in [4.78, 5) is 3.94. The molecule has 0 atom stereocenters. The minimum absolute atomic E-state index is 0.623. The molecule has 3 nitrogen and oxygen atoms in total. The molecule has 0 unspecified atom stereocenters. The van der Waals surface area contributed by atoms with Crippen LogP contribution in [-0.4, -0.2) is 4.98 Å². The fourth-order valence-corrected chi connectivity index (χ4v) is 1.42. The van der Waals surface area contributed by atoms with Crippen molar-refractivity contribution in [2.24, 2.45) is 0 Å². The summed E-state index contributed by atoms with van der Waals surface area (Å²) in [6.07, 6.45) is 5.14. The summed E-state index contributed by atoms with van der Waals surface area (Å²) in [7, 11) is 0. The number of benzene rings is 1. The van der Waals surface area contributed by atoms with E-state index in [-0.39, 0.29) is 0 Å². The lowest BCUT2D eigenvalue weighted by atomic mass is 10.1. The Kier molecular flexibility index (Phi) is 2.63. The normalized spacial score (nSPS) is 10.2. The molecule has 0 amide bonds. The van der Waals surface area contributed by atoms with Crippen LogP contribution in [0.5, 0.6) is 0 Å². The predicted molar refractivity (Wildman–Crippen MR) is 57.2 cm³/mol.